The molecule has 100 valence electrons. The van der Waals surface area contributed by atoms with Crippen molar-refractivity contribution in [1.82, 2.24) is 10.2 Å². The SMILES string of the molecule is COc1ccc(CCN(C)C2CCNC2)cc1Cl. The van der Waals surface area contributed by atoms with Crippen LogP contribution in [0.2, 0.25) is 5.02 Å². The van der Waals surface area contributed by atoms with Crippen molar-refractivity contribution in [1.29, 1.82) is 0 Å². The zero-order valence-electron chi connectivity index (χ0n) is 11.1. The minimum Gasteiger partial charge on any atom is -0.495 e. The van der Waals surface area contributed by atoms with Crippen LogP contribution in [0.1, 0.15) is 12.0 Å². The average molecular weight is 269 g/mol. The summed E-state index contributed by atoms with van der Waals surface area (Å²) in [6.07, 6.45) is 2.27. The Balaban J connectivity index is 1.87. The van der Waals surface area contributed by atoms with Gasteiger partial charge in [0.15, 0.2) is 0 Å². The smallest absolute Gasteiger partial charge is 0.137 e. The third-order valence-corrected chi connectivity index (χ3v) is 3.92. The number of methoxy groups -OCH3 is 1. The van der Waals surface area contributed by atoms with Gasteiger partial charge in [-0.05, 0) is 44.1 Å². The number of ether oxygens (including phenoxy) is 1. The summed E-state index contributed by atoms with van der Waals surface area (Å²) in [6.45, 7) is 3.32. The quantitative estimate of drug-likeness (QED) is 0.886. The van der Waals surface area contributed by atoms with Crippen molar-refractivity contribution in [3.05, 3.63) is 28.8 Å². The first kappa shape index (κ1) is 13.7. The molecular weight excluding hydrogens is 248 g/mol. The standard InChI is InChI=1S/C14H21ClN2O/c1-17(12-5-7-16-10-12)8-6-11-3-4-14(18-2)13(15)9-11/h3-4,9,12,16H,5-8,10H2,1-2H3. The maximum absolute atomic E-state index is 6.12. The van der Waals surface area contributed by atoms with Gasteiger partial charge in [0.2, 0.25) is 0 Å². The molecule has 1 aliphatic heterocycles. The van der Waals surface area contributed by atoms with Crippen molar-refractivity contribution in [2.75, 3.05) is 33.8 Å². The topological polar surface area (TPSA) is 24.5 Å². The van der Waals surface area contributed by atoms with Crippen molar-refractivity contribution in [3.8, 4) is 5.75 Å². The van der Waals surface area contributed by atoms with E-state index in [9.17, 15) is 0 Å². The predicted molar refractivity (Wildman–Crippen MR) is 75.6 cm³/mol. The van der Waals surface area contributed by atoms with Crippen molar-refractivity contribution in [3.63, 3.8) is 0 Å². The van der Waals surface area contributed by atoms with E-state index in [1.165, 1.54) is 12.0 Å². The second kappa shape index (κ2) is 6.41. The lowest BCUT2D eigenvalue weighted by Gasteiger charge is -2.23. The van der Waals surface area contributed by atoms with Gasteiger partial charge in [0, 0.05) is 19.1 Å². The zero-order chi connectivity index (χ0) is 13.0. The molecule has 3 nitrogen and oxygen atoms in total. The molecule has 18 heavy (non-hydrogen) atoms. The maximum atomic E-state index is 6.12. The number of hydrogen-bond acceptors (Lipinski definition) is 3. The molecule has 0 amide bonds. The lowest BCUT2D eigenvalue weighted by atomic mass is 10.1. The van der Waals surface area contributed by atoms with Crippen LogP contribution in [0, 0.1) is 0 Å². The van der Waals surface area contributed by atoms with Gasteiger partial charge in [-0.2, -0.15) is 0 Å². The third-order valence-electron chi connectivity index (χ3n) is 3.63. The second-order valence-corrected chi connectivity index (χ2v) is 5.25. The van der Waals surface area contributed by atoms with E-state index >= 15 is 0 Å². The molecule has 0 bridgehead atoms. The number of nitrogens with zero attached hydrogens (tertiary/aromatic N) is 1. The highest BCUT2D eigenvalue weighted by Crippen LogP contribution is 2.25. The van der Waals surface area contributed by atoms with Crippen LogP contribution >= 0.6 is 11.6 Å². The highest BCUT2D eigenvalue weighted by molar-refractivity contribution is 6.32. The highest BCUT2D eigenvalue weighted by atomic mass is 35.5. The molecule has 1 N–H and O–H groups in total. The van der Waals surface area contributed by atoms with E-state index < -0.39 is 0 Å². The summed E-state index contributed by atoms with van der Waals surface area (Å²) in [6, 6.07) is 6.71. The van der Waals surface area contributed by atoms with Gasteiger partial charge in [-0.1, -0.05) is 17.7 Å². The predicted octanol–water partition coefficient (Wildman–Crippen LogP) is 2.18. The molecule has 0 spiro atoms. The summed E-state index contributed by atoms with van der Waals surface area (Å²) in [5.41, 5.74) is 1.26. The van der Waals surface area contributed by atoms with Gasteiger partial charge < -0.3 is 15.0 Å². The average Bonchev–Trinajstić information content (AvgIpc) is 2.90. The van der Waals surface area contributed by atoms with E-state index in [1.807, 2.05) is 12.1 Å². The van der Waals surface area contributed by atoms with Crippen LogP contribution in [0.4, 0.5) is 0 Å². The Hall–Kier alpha value is -0.770. The van der Waals surface area contributed by atoms with Crippen LogP contribution in [-0.4, -0.2) is 44.7 Å². The highest BCUT2D eigenvalue weighted by Gasteiger charge is 2.18. The van der Waals surface area contributed by atoms with Gasteiger partial charge in [0.1, 0.15) is 5.75 Å². The van der Waals surface area contributed by atoms with Gasteiger partial charge in [0.05, 0.1) is 12.1 Å². The minimum absolute atomic E-state index is 0.679. The molecule has 2 rings (SSSR count). The summed E-state index contributed by atoms with van der Waals surface area (Å²) >= 11 is 6.12. The van der Waals surface area contributed by atoms with Crippen LogP contribution in [0.25, 0.3) is 0 Å². The molecule has 1 aromatic rings. The number of hydrogen-bond donors (Lipinski definition) is 1. The molecule has 1 atom stereocenters. The zero-order valence-corrected chi connectivity index (χ0v) is 11.8. The van der Waals surface area contributed by atoms with Crippen LogP contribution < -0.4 is 10.1 Å². The van der Waals surface area contributed by atoms with Gasteiger partial charge in [-0.25, -0.2) is 0 Å². The summed E-state index contributed by atoms with van der Waals surface area (Å²) in [5, 5.41) is 4.09. The van der Waals surface area contributed by atoms with E-state index in [1.54, 1.807) is 7.11 Å². The lowest BCUT2D eigenvalue weighted by Crippen LogP contribution is -2.34. The molecule has 0 saturated carbocycles. The van der Waals surface area contributed by atoms with E-state index in [4.69, 9.17) is 16.3 Å². The van der Waals surface area contributed by atoms with E-state index in [0.29, 0.717) is 11.1 Å². The summed E-state index contributed by atoms with van der Waals surface area (Å²) in [5.74, 6) is 0.744. The van der Waals surface area contributed by atoms with Crippen molar-refractivity contribution in [2.45, 2.75) is 18.9 Å². The van der Waals surface area contributed by atoms with Crippen molar-refractivity contribution in [2.24, 2.45) is 0 Å². The monoisotopic (exact) mass is 268 g/mol. The van der Waals surface area contributed by atoms with E-state index in [-0.39, 0.29) is 0 Å². The normalized spacial score (nSPS) is 19.4. The largest absolute Gasteiger partial charge is 0.495 e. The Bertz CT molecular complexity index is 391. The fourth-order valence-electron chi connectivity index (χ4n) is 2.37. The second-order valence-electron chi connectivity index (χ2n) is 4.85. The first-order chi connectivity index (χ1) is 8.70. The Morgan fingerprint density at radius 3 is 2.94 bits per heavy atom. The molecule has 1 saturated heterocycles. The molecule has 1 fully saturated rings. The van der Waals surface area contributed by atoms with Crippen LogP contribution in [0.5, 0.6) is 5.75 Å². The van der Waals surface area contributed by atoms with E-state index in [0.717, 1.165) is 31.8 Å². The molecule has 4 heteroatoms. The number of nitrogens with one attached hydrogen (secondary N) is 1. The Kier molecular flexibility index (Phi) is 4.87. The van der Waals surface area contributed by atoms with E-state index in [2.05, 4.69) is 23.3 Å². The fraction of sp³-hybridized carbons (Fsp3) is 0.571. The number of benzene rings is 1. The Morgan fingerprint density at radius 1 is 1.50 bits per heavy atom. The molecular formula is C14H21ClN2O. The Labute approximate surface area is 114 Å². The number of halogens is 1. The fourth-order valence-corrected chi connectivity index (χ4v) is 2.65. The third kappa shape index (κ3) is 3.37. The summed E-state index contributed by atoms with van der Waals surface area (Å²) in [4.78, 5) is 2.43. The summed E-state index contributed by atoms with van der Waals surface area (Å²) < 4.78 is 5.16. The Morgan fingerprint density at radius 2 is 2.33 bits per heavy atom. The maximum Gasteiger partial charge on any atom is 0.137 e. The number of likely N-dealkylation sites (N-methyl/N-ethyl adjacent to an activating group) is 1. The number of rotatable bonds is 5. The van der Waals surface area contributed by atoms with Gasteiger partial charge in [0.25, 0.3) is 0 Å². The molecule has 0 radical (unpaired) electrons. The lowest BCUT2D eigenvalue weighted by molar-refractivity contribution is 0.260. The van der Waals surface area contributed by atoms with Gasteiger partial charge in [-0.3, -0.25) is 0 Å². The minimum atomic E-state index is 0.679. The van der Waals surface area contributed by atoms with Gasteiger partial charge in [-0.15, -0.1) is 0 Å². The summed E-state index contributed by atoms with van der Waals surface area (Å²) in [7, 11) is 3.84. The first-order valence-electron chi connectivity index (χ1n) is 6.44. The van der Waals surface area contributed by atoms with Crippen molar-refractivity contribution < 1.29 is 4.74 Å². The molecule has 0 aliphatic carbocycles. The first-order valence-corrected chi connectivity index (χ1v) is 6.82. The van der Waals surface area contributed by atoms with Gasteiger partial charge >= 0.3 is 0 Å². The van der Waals surface area contributed by atoms with Crippen LogP contribution in [-0.2, 0) is 6.42 Å². The molecule has 1 unspecified atom stereocenters. The van der Waals surface area contributed by atoms with Crippen molar-refractivity contribution >= 4 is 11.6 Å². The molecule has 1 aliphatic rings. The van der Waals surface area contributed by atoms with Crippen LogP contribution in [0.3, 0.4) is 0 Å². The van der Waals surface area contributed by atoms with Crippen LogP contribution in [0.15, 0.2) is 18.2 Å². The molecule has 1 aromatic carbocycles. The molecule has 1 heterocycles. The molecule has 0 aromatic heterocycles.